The molecule has 0 aromatic rings. The first kappa shape index (κ1) is 54.0. The third-order valence-corrected chi connectivity index (χ3v) is 10.0. The second-order valence-corrected chi connectivity index (χ2v) is 15.5. The maximum Gasteiger partial charge on any atom is 0.306 e. The summed E-state index contributed by atoms with van der Waals surface area (Å²) >= 11 is 0. The van der Waals surface area contributed by atoms with Crippen LogP contribution in [0, 0.1) is 0 Å². The van der Waals surface area contributed by atoms with Crippen molar-refractivity contribution in [2.75, 3.05) is 6.61 Å². The zero-order valence-electron chi connectivity index (χ0n) is 36.9. The fraction of sp³-hybridized carbons (Fsp3) is 0.686. The van der Waals surface area contributed by atoms with Gasteiger partial charge in [0, 0.05) is 6.42 Å². The lowest BCUT2D eigenvalue weighted by atomic mass is 10.0. The van der Waals surface area contributed by atoms with Crippen LogP contribution in [0.4, 0.5) is 0 Å². The number of nitrogens with one attached hydrogen (secondary N) is 1. The van der Waals surface area contributed by atoms with Gasteiger partial charge >= 0.3 is 5.97 Å². The minimum Gasteiger partial charge on any atom is -0.462 e. The Labute approximate surface area is 351 Å². The lowest BCUT2D eigenvalue weighted by molar-refractivity contribution is -0.151. The van der Waals surface area contributed by atoms with E-state index < -0.39 is 18.2 Å². The van der Waals surface area contributed by atoms with Crippen molar-refractivity contribution >= 4 is 11.9 Å². The molecule has 57 heavy (non-hydrogen) atoms. The highest BCUT2D eigenvalue weighted by Gasteiger charge is 2.24. The average Bonchev–Trinajstić information content (AvgIpc) is 3.20. The second kappa shape index (κ2) is 44.1. The molecule has 326 valence electrons. The van der Waals surface area contributed by atoms with Gasteiger partial charge in [-0.15, -0.1) is 0 Å². The summed E-state index contributed by atoms with van der Waals surface area (Å²) in [5.74, 6) is -0.541. The molecule has 3 N–H and O–H groups in total. The van der Waals surface area contributed by atoms with Gasteiger partial charge in [-0.05, 0) is 83.5 Å². The molecule has 0 aliphatic rings. The number of allylic oxidation sites excluding steroid dienone is 14. The van der Waals surface area contributed by atoms with Crippen molar-refractivity contribution in [2.24, 2.45) is 0 Å². The van der Waals surface area contributed by atoms with Crippen LogP contribution in [-0.4, -0.2) is 46.9 Å². The van der Waals surface area contributed by atoms with Crippen molar-refractivity contribution in [3.8, 4) is 0 Å². The number of aliphatic hydroxyl groups is 2. The minimum atomic E-state index is -0.801. The summed E-state index contributed by atoms with van der Waals surface area (Å²) in [6.45, 7) is 6.18. The number of ether oxygens (including phenoxy) is 1. The number of carbonyl (C=O) groups is 2. The van der Waals surface area contributed by atoms with Gasteiger partial charge in [-0.2, -0.15) is 0 Å². The molecule has 1 amide bonds. The maximum absolute atomic E-state index is 13.1. The Hall–Kier alpha value is -2.96. The molecule has 3 unspecified atom stereocenters. The zero-order chi connectivity index (χ0) is 41.7. The van der Waals surface area contributed by atoms with Gasteiger partial charge in [0.25, 0.3) is 0 Å². The summed E-state index contributed by atoms with van der Waals surface area (Å²) in [5, 5.41) is 23.6. The van der Waals surface area contributed by atoms with Crippen molar-refractivity contribution in [1.82, 2.24) is 5.32 Å². The molecule has 0 saturated carbocycles. The first-order valence-corrected chi connectivity index (χ1v) is 23.3. The normalized spacial score (nSPS) is 14.1. The smallest absolute Gasteiger partial charge is 0.306 e. The van der Waals surface area contributed by atoms with E-state index in [1.807, 2.05) is 0 Å². The first-order chi connectivity index (χ1) is 28.0. The number of hydrogen-bond donors (Lipinski definition) is 3. The summed E-state index contributed by atoms with van der Waals surface area (Å²) in [5.41, 5.74) is 0. The van der Waals surface area contributed by atoms with Crippen LogP contribution >= 0.6 is 0 Å². The largest absolute Gasteiger partial charge is 0.462 e. The van der Waals surface area contributed by atoms with E-state index in [9.17, 15) is 19.8 Å². The van der Waals surface area contributed by atoms with Crippen molar-refractivity contribution in [3.05, 3.63) is 85.1 Å². The van der Waals surface area contributed by atoms with Crippen LogP contribution < -0.4 is 5.32 Å². The molecule has 0 saturated heterocycles. The lowest BCUT2D eigenvalue weighted by Gasteiger charge is -2.24. The molecule has 0 fully saturated rings. The van der Waals surface area contributed by atoms with E-state index in [0.29, 0.717) is 19.3 Å². The molecule has 0 radical (unpaired) electrons. The number of amides is 1. The van der Waals surface area contributed by atoms with E-state index in [2.05, 4.69) is 111 Å². The van der Waals surface area contributed by atoms with Crippen molar-refractivity contribution in [1.29, 1.82) is 0 Å². The number of aliphatic hydroxyl groups excluding tert-OH is 2. The van der Waals surface area contributed by atoms with E-state index >= 15 is 0 Å². The molecule has 3 atom stereocenters. The Morgan fingerprint density at radius 3 is 1.63 bits per heavy atom. The highest BCUT2D eigenvalue weighted by atomic mass is 16.5. The Bertz CT molecular complexity index is 1120. The minimum absolute atomic E-state index is 0.0462. The Balaban J connectivity index is 4.70. The summed E-state index contributed by atoms with van der Waals surface area (Å²) in [6.07, 6.45) is 56.4. The van der Waals surface area contributed by atoms with E-state index in [-0.39, 0.29) is 24.9 Å². The fourth-order valence-electron chi connectivity index (χ4n) is 6.54. The highest BCUT2D eigenvalue weighted by Crippen LogP contribution is 2.17. The molecule has 0 aliphatic carbocycles. The highest BCUT2D eigenvalue weighted by molar-refractivity contribution is 5.77. The monoisotopic (exact) mass is 794 g/mol. The molecule has 0 bridgehead atoms. The van der Waals surface area contributed by atoms with Crippen LogP contribution in [0.3, 0.4) is 0 Å². The molecular weight excluding hydrogens is 707 g/mol. The van der Waals surface area contributed by atoms with Crippen LogP contribution in [0.1, 0.15) is 201 Å². The summed E-state index contributed by atoms with van der Waals surface area (Å²) in [6, 6.07) is -0.717. The first-order valence-electron chi connectivity index (χ1n) is 23.3. The molecule has 0 spiro atoms. The number of carbonyl (C=O) groups excluding carboxylic acids is 2. The standard InChI is InChI=1S/C51H87NO5/c1-4-7-10-13-16-19-21-23-24-25-27-29-32-35-38-41-44-51(56)57-47(42-39-36-33-31-28-26-22-20-17-14-11-8-5-2)45-50(55)52-48(46-53)49(54)43-40-37-34-30-18-15-12-9-6-3/h7-8,10-11,14,16-17,19-20,22-24,27,29,47-49,53-54H,4-6,9,12-13,15,18,21,25-26,28,30-46H2,1-3H3,(H,52,55)/b10-7+,11-8+,17-14+,19-16+,22-20+,24-23+,29-27+. The molecule has 0 heterocycles. The van der Waals surface area contributed by atoms with Crippen molar-refractivity contribution < 1.29 is 24.5 Å². The summed E-state index contributed by atoms with van der Waals surface area (Å²) in [7, 11) is 0. The van der Waals surface area contributed by atoms with E-state index in [1.54, 1.807) is 0 Å². The quantitative estimate of drug-likeness (QED) is 0.0248. The molecule has 0 aromatic carbocycles. The molecule has 0 rings (SSSR count). The van der Waals surface area contributed by atoms with Gasteiger partial charge < -0.3 is 20.3 Å². The van der Waals surface area contributed by atoms with Crippen LogP contribution in [0.5, 0.6) is 0 Å². The molecule has 0 aliphatic heterocycles. The zero-order valence-corrected chi connectivity index (χ0v) is 36.9. The fourth-order valence-corrected chi connectivity index (χ4v) is 6.54. The topological polar surface area (TPSA) is 95.9 Å². The van der Waals surface area contributed by atoms with Gasteiger partial charge in [0.15, 0.2) is 0 Å². The molecular formula is C51H87NO5. The van der Waals surface area contributed by atoms with Crippen molar-refractivity contribution in [3.63, 3.8) is 0 Å². The van der Waals surface area contributed by atoms with Crippen LogP contribution in [0.2, 0.25) is 0 Å². The maximum atomic E-state index is 13.1. The van der Waals surface area contributed by atoms with Gasteiger partial charge in [-0.3, -0.25) is 9.59 Å². The Kier molecular flexibility index (Phi) is 41.9. The lowest BCUT2D eigenvalue weighted by Crippen LogP contribution is -2.46. The predicted octanol–water partition coefficient (Wildman–Crippen LogP) is 13.6. The van der Waals surface area contributed by atoms with Gasteiger partial charge in [0.1, 0.15) is 6.10 Å². The molecule has 6 nitrogen and oxygen atoms in total. The van der Waals surface area contributed by atoms with E-state index in [1.165, 1.54) is 38.5 Å². The number of hydrogen-bond acceptors (Lipinski definition) is 5. The van der Waals surface area contributed by atoms with Crippen LogP contribution in [0.25, 0.3) is 0 Å². The van der Waals surface area contributed by atoms with Gasteiger partial charge in [-0.25, -0.2) is 0 Å². The van der Waals surface area contributed by atoms with Gasteiger partial charge in [0.05, 0.1) is 25.2 Å². The molecule has 6 heteroatoms. The predicted molar refractivity (Wildman–Crippen MR) is 245 cm³/mol. The number of rotatable bonds is 40. The Morgan fingerprint density at radius 1 is 0.544 bits per heavy atom. The van der Waals surface area contributed by atoms with Gasteiger partial charge in [-0.1, -0.05) is 189 Å². The Morgan fingerprint density at radius 2 is 1.04 bits per heavy atom. The molecule has 0 aromatic heterocycles. The summed E-state index contributed by atoms with van der Waals surface area (Å²) in [4.78, 5) is 26.0. The van der Waals surface area contributed by atoms with Gasteiger partial charge in [0.2, 0.25) is 5.91 Å². The second-order valence-electron chi connectivity index (χ2n) is 15.5. The van der Waals surface area contributed by atoms with Crippen LogP contribution in [-0.2, 0) is 14.3 Å². The number of esters is 1. The van der Waals surface area contributed by atoms with E-state index in [4.69, 9.17) is 4.74 Å². The third-order valence-electron chi connectivity index (χ3n) is 10.0. The van der Waals surface area contributed by atoms with Crippen LogP contribution in [0.15, 0.2) is 85.1 Å². The SMILES string of the molecule is CC/C=C/C=C/C=C/CCCCCCCC(CC(=O)NC(CO)C(O)CCCCCCCCCCC)OC(=O)CCCCC/C=C/C/C=C/C/C=C/C/C=C/CC. The number of unbranched alkanes of at least 4 members (excludes halogenated alkanes) is 16. The summed E-state index contributed by atoms with van der Waals surface area (Å²) < 4.78 is 5.89. The average molecular weight is 794 g/mol. The van der Waals surface area contributed by atoms with E-state index in [0.717, 1.165) is 116 Å². The van der Waals surface area contributed by atoms with Crippen molar-refractivity contribution in [2.45, 2.75) is 219 Å². The third kappa shape index (κ3) is 39.6.